The van der Waals surface area contributed by atoms with E-state index >= 15 is 0 Å². The summed E-state index contributed by atoms with van der Waals surface area (Å²) in [4.78, 5) is 0. The molecule has 0 unspecified atom stereocenters. The number of aliphatic hydroxyl groups excluding tert-OH is 1. The van der Waals surface area contributed by atoms with Crippen molar-refractivity contribution in [2.45, 2.75) is 19.4 Å². The maximum Gasteiger partial charge on any atom is 0.123 e. The van der Waals surface area contributed by atoms with E-state index in [0.29, 0.717) is 12.3 Å². The highest BCUT2D eigenvalue weighted by molar-refractivity contribution is 5.39. The summed E-state index contributed by atoms with van der Waals surface area (Å²) in [6.07, 6.45) is 1.75. The molecule has 1 aromatic rings. The number of benzene rings is 1. The molecule has 0 aliphatic rings. The van der Waals surface area contributed by atoms with Crippen molar-refractivity contribution in [3.05, 3.63) is 23.8 Å². The van der Waals surface area contributed by atoms with E-state index in [1.807, 2.05) is 12.1 Å². The van der Waals surface area contributed by atoms with Crippen molar-refractivity contribution < 1.29 is 14.9 Å². The molecule has 0 saturated heterocycles. The van der Waals surface area contributed by atoms with Crippen LogP contribution in [-0.4, -0.2) is 30.5 Å². The van der Waals surface area contributed by atoms with E-state index in [4.69, 9.17) is 9.84 Å². The van der Waals surface area contributed by atoms with Crippen LogP contribution in [0.25, 0.3) is 0 Å². The standard InChI is InChI=1S/C12H19NO3/c1-16-11-5-4-10(12(15)8-11)9-13-6-2-3-7-14/h4-5,8,13-15H,2-3,6-7,9H2,1H3. The second-order valence-corrected chi connectivity index (χ2v) is 3.60. The number of methoxy groups -OCH3 is 1. The first-order chi connectivity index (χ1) is 7.77. The van der Waals surface area contributed by atoms with E-state index in [9.17, 15) is 5.11 Å². The van der Waals surface area contributed by atoms with Gasteiger partial charge in [0.05, 0.1) is 7.11 Å². The van der Waals surface area contributed by atoms with E-state index in [0.717, 1.165) is 24.9 Å². The van der Waals surface area contributed by atoms with Crippen LogP contribution in [0.1, 0.15) is 18.4 Å². The number of phenols is 1. The number of aromatic hydroxyl groups is 1. The Labute approximate surface area is 95.9 Å². The number of rotatable bonds is 7. The van der Waals surface area contributed by atoms with Gasteiger partial charge in [-0.2, -0.15) is 0 Å². The summed E-state index contributed by atoms with van der Waals surface area (Å²) >= 11 is 0. The molecule has 4 nitrogen and oxygen atoms in total. The highest BCUT2D eigenvalue weighted by Crippen LogP contribution is 2.22. The van der Waals surface area contributed by atoms with Gasteiger partial charge in [0.15, 0.2) is 0 Å². The summed E-state index contributed by atoms with van der Waals surface area (Å²) in [5, 5.41) is 21.5. The molecule has 0 heterocycles. The molecule has 1 aromatic carbocycles. The molecule has 0 bridgehead atoms. The van der Waals surface area contributed by atoms with Crippen LogP contribution in [0.2, 0.25) is 0 Å². The van der Waals surface area contributed by atoms with E-state index in [1.54, 1.807) is 13.2 Å². The molecule has 0 aliphatic carbocycles. The Kier molecular flexibility index (Phi) is 5.67. The fourth-order valence-corrected chi connectivity index (χ4v) is 1.40. The molecular weight excluding hydrogens is 206 g/mol. The highest BCUT2D eigenvalue weighted by Gasteiger charge is 2.02. The molecule has 3 N–H and O–H groups in total. The van der Waals surface area contributed by atoms with Gasteiger partial charge in [-0.15, -0.1) is 0 Å². The Balaban J connectivity index is 2.36. The van der Waals surface area contributed by atoms with E-state index in [1.165, 1.54) is 0 Å². The van der Waals surface area contributed by atoms with Crippen LogP contribution in [-0.2, 0) is 6.54 Å². The fraction of sp³-hybridized carbons (Fsp3) is 0.500. The maximum atomic E-state index is 9.67. The molecule has 0 fully saturated rings. The van der Waals surface area contributed by atoms with E-state index < -0.39 is 0 Å². The van der Waals surface area contributed by atoms with Crippen molar-refractivity contribution in [1.29, 1.82) is 0 Å². The summed E-state index contributed by atoms with van der Waals surface area (Å²) in [7, 11) is 1.57. The van der Waals surface area contributed by atoms with Crippen LogP contribution < -0.4 is 10.1 Å². The Morgan fingerprint density at radius 2 is 2.12 bits per heavy atom. The highest BCUT2D eigenvalue weighted by atomic mass is 16.5. The summed E-state index contributed by atoms with van der Waals surface area (Å²) in [5.74, 6) is 0.899. The summed E-state index contributed by atoms with van der Waals surface area (Å²) in [5.41, 5.74) is 0.852. The molecule has 0 amide bonds. The average molecular weight is 225 g/mol. The zero-order valence-electron chi connectivity index (χ0n) is 9.57. The number of phenolic OH excluding ortho intramolecular Hbond substituents is 1. The van der Waals surface area contributed by atoms with Gasteiger partial charge in [-0.1, -0.05) is 6.07 Å². The molecule has 1 rings (SSSR count). The van der Waals surface area contributed by atoms with Crippen LogP contribution in [0.4, 0.5) is 0 Å². The molecule has 0 spiro atoms. The zero-order chi connectivity index (χ0) is 11.8. The summed E-state index contributed by atoms with van der Waals surface area (Å²) in [6, 6.07) is 5.27. The molecule has 4 heteroatoms. The van der Waals surface area contributed by atoms with Gasteiger partial charge in [-0.3, -0.25) is 0 Å². The largest absolute Gasteiger partial charge is 0.507 e. The van der Waals surface area contributed by atoms with Crippen LogP contribution >= 0.6 is 0 Å². The first-order valence-corrected chi connectivity index (χ1v) is 5.45. The van der Waals surface area contributed by atoms with Crippen LogP contribution in [0, 0.1) is 0 Å². The van der Waals surface area contributed by atoms with Gasteiger partial charge in [-0.25, -0.2) is 0 Å². The molecule has 0 radical (unpaired) electrons. The zero-order valence-corrected chi connectivity index (χ0v) is 9.57. The number of unbranched alkanes of at least 4 members (excludes halogenated alkanes) is 1. The van der Waals surface area contributed by atoms with Crippen LogP contribution in [0.15, 0.2) is 18.2 Å². The third-order valence-corrected chi connectivity index (χ3v) is 2.37. The molecule has 0 aliphatic heterocycles. The minimum absolute atomic E-state index is 0.232. The lowest BCUT2D eigenvalue weighted by atomic mass is 10.2. The predicted molar refractivity (Wildman–Crippen MR) is 62.7 cm³/mol. The molecule has 0 saturated carbocycles. The maximum absolute atomic E-state index is 9.67. The van der Waals surface area contributed by atoms with Crippen molar-refractivity contribution in [3.8, 4) is 11.5 Å². The topological polar surface area (TPSA) is 61.7 Å². The smallest absolute Gasteiger partial charge is 0.123 e. The number of aliphatic hydroxyl groups is 1. The van der Waals surface area contributed by atoms with Gasteiger partial charge < -0.3 is 20.3 Å². The van der Waals surface area contributed by atoms with Gasteiger partial charge in [0, 0.05) is 24.8 Å². The van der Waals surface area contributed by atoms with E-state index in [-0.39, 0.29) is 12.4 Å². The number of ether oxygens (including phenoxy) is 1. The second kappa shape index (κ2) is 7.09. The van der Waals surface area contributed by atoms with Gasteiger partial charge in [0.2, 0.25) is 0 Å². The van der Waals surface area contributed by atoms with Gasteiger partial charge in [0.25, 0.3) is 0 Å². The monoisotopic (exact) mass is 225 g/mol. The minimum atomic E-state index is 0.232. The predicted octanol–water partition coefficient (Wildman–Crippen LogP) is 1.26. The fourth-order valence-electron chi connectivity index (χ4n) is 1.40. The van der Waals surface area contributed by atoms with Crippen molar-refractivity contribution in [2.75, 3.05) is 20.3 Å². The first kappa shape index (κ1) is 12.8. The van der Waals surface area contributed by atoms with Crippen LogP contribution in [0.3, 0.4) is 0 Å². The van der Waals surface area contributed by atoms with E-state index in [2.05, 4.69) is 5.32 Å². The quantitative estimate of drug-likeness (QED) is 0.611. The first-order valence-electron chi connectivity index (χ1n) is 5.45. The Morgan fingerprint density at radius 3 is 2.75 bits per heavy atom. The third kappa shape index (κ3) is 4.08. The number of nitrogens with one attached hydrogen (secondary N) is 1. The Morgan fingerprint density at radius 1 is 1.31 bits per heavy atom. The average Bonchev–Trinajstić information content (AvgIpc) is 2.30. The van der Waals surface area contributed by atoms with Gasteiger partial charge in [-0.05, 0) is 25.5 Å². The minimum Gasteiger partial charge on any atom is -0.507 e. The van der Waals surface area contributed by atoms with Crippen molar-refractivity contribution in [2.24, 2.45) is 0 Å². The number of hydrogen-bond donors (Lipinski definition) is 3. The second-order valence-electron chi connectivity index (χ2n) is 3.60. The molecule has 0 atom stereocenters. The normalized spacial score (nSPS) is 10.4. The number of hydrogen-bond acceptors (Lipinski definition) is 4. The molecule has 90 valence electrons. The third-order valence-electron chi connectivity index (χ3n) is 2.37. The lowest BCUT2D eigenvalue weighted by Crippen LogP contribution is -2.15. The SMILES string of the molecule is COc1ccc(CNCCCCO)c(O)c1. The Bertz CT molecular complexity index is 315. The molecular formula is C12H19NO3. The molecule has 0 aromatic heterocycles. The Hall–Kier alpha value is -1.26. The van der Waals surface area contributed by atoms with Crippen molar-refractivity contribution >= 4 is 0 Å². The van der Waals surface area contributed by atoms with Gasteiger partial charge >= 0.3 is 0 Å². The summed E-state index contributed by atoms with van der Waals surface area (Å²) in [6.45, 7) is 1.70. The van der Waals surface area contributed by atoms with Crippen LogP contribution in [0.5, 0.6) is 11.5 Å². The molecule has 16 heavy (non-hydrogen) atoms. The summed E-state index contributed by atoms with van der Waals surface area (Å²) < 4.78 is 5.00. The van der Waals surface area contributed by atoms with Crippen molar-refractivity contribution in [1.82, 2.24) is 5.32 Å². The van der Waals surface area contributed by atoms with Crippen molar-refractivity contribution in [3.63, 3.8) is 0 Å². The van der Waals surface area contributed by atoms with Gasteiger partial charge in [0.1, 0.15) is 11.5 Å². The lowest BCUT2D eigenvalue weighted by molar-refractivity contribution is 0.283. The lowest BCUT2D eigenvalue weighted by Gasteiger charge is -2.08.